The van der Waals surface area contributed by atoms with E-state index in [2.05, 4.69) is 263 Å². The summed E-state index contributed by atoms with van der Waals surface area (Å²) in [5.41, 5.74) is 10.7. The van der Waals surface area contributed by atoms with Gasteiger partial charge in [-0.05, 0) is 99.8 Å². The fraction of sp³-hybridized carbons (Fsp3) is 0.0645. The van der Waals surface area contributed by atoms with Crippen LogP contribution in [-0.4, -0.2) is 10.5 Å². The normalized spacial score (nSPS) is 19.1. The second-order valence-electron chi connectivity index (χ2n) is 17.6. The first-order valence-corrected chi connectivity index (χ1v) is 26.9. The number of fused-ring (bicyclic) bond motifs is 4. The average molecular weight is 960 g/mol. The number of nitrogens with zero attached hydrogens (tertiary/aromatic N) is 3. The highest BCUT2D eigenvalue weighted by Crippen LogP contribution is 2.58. The molecule has 7 aromatic carbocycles. The van der Waals surface area contributed by atoms with Crippen molar-refractivity contribution < 1.29 is 0 Å². The van der Waals surface area contributed by atoms with Crippen molar-refractivity contribution in [3.8, 4) is 0 Å². The molecule has 2 aliphatic carbocycles. The molecule has 0 amide bonds. The van der Waals surface area contributed by atoms with Crippen molar-refractivity contribution in [3.05, 3.63) is 270 Å². The Labute approximate surface area is 420 Å². The molecule has 0 N–H and O–H groups in total. The minimum absolute atomic E-state index is 0.218. The van der Waals surface area contributed by atoms with Crippen LogP contribution in [0.25, 0.3) is 31.3 Å². The van der Waals surface area contributed by atoms with Gasteiger partial charge in [0.2, 0.25) is 0 Å². The maximum Gasteiger partial charge on any atom is 0.102 e. The average Bonchev–Trinajstić information content (AvgIpc) is 4.21. The summed E-state index contributed by atoms with van der Waals surface area (Å²) in [6.07, 6.45) is 18.5. The molecule has 332 valence electrons. The predicted molar refractivity (Wildman–Crippen MR) is 302 cm³/mol. The molecular weight excluding hydrogens is 915 g/mol. The Bertz CT molecular complexity index is 3250. The molecule has 7 heteroatoms. The van der Waals surface area contributed by atoms with E-state index in [1.165, 1.54) is 62.5 Å². The van der Waals surface area contributed by atoms with Gasteiger partial charge in [-0.3, -0.25) is 9.80 Å². The summed E-state index contributed by atoms with van der Waals surface area (Å²) in [6.45, 7) is 0. The molecule has 0 saturated heterocycles. The number of para-hydroxylation sites is 2. The van der Waals surface area contributed by atoms with Gasteiger partial charge >= 0.3 is 0 Å². The van der Waals surface area contributed by atoms with Crippen molar-refractivity contribution in [1.29, 1.82) is 0 Å². The van der Waals surface area contributed by atoms with E-state index in [1.807, 2.05) is 46.2 Å². The monoisotopic (exact) mass is 959 g/mol. The van der Waals surface area contributed by atoms with Gasteiger partial charge in [-0.1, -0.05) is 206 Å². The fourth-order valence-corrected chi connectivity index (χ4v) is 15.5. The zero-order chi connectivity index (χ0) is 45.7. The molecule has 0 spiro atoms. The number of allylic oxidation sites excluding steroid dienone is 8. The number of anilines is 7. The van der Waals surface area contributed by atoms with E-state index in [0.29, 0.717) is 0 Å². The number of benzene rings is 7. The lowest BCUT2D eigenvalue weighted by Gasteiger charge is -2.33. The molecule has 4 heterocycles. The van der Waals surface area contributed by atoms with Gasteiger partial charge in [0, 0.05) is 43.1 Å². The van der Waals surface area contributed by atoms with Crippen LogP contribution < -0.4 is 14.7 Å². The minimum atomic E-state index is 0.218. The Morgan fingerprint density at radius 3 is 1.10 bits per heavy atom. The molecule has 9 aromatic rings. The van der Waals surface area contributed by atoms with Crippen LogP contribution >= 0.6 is 46.2 Å². The summed E-state index contributed by atoms with van der Waals surface area (Å²) >= 11 is 7.69. The SMILES string of the molecule is C1=CC2SC(N(c3cc(N(C4=C(c5ccccc5)C5C=CC=CC5S4)c4cc5ccccc5s4)cc(N(c4ccccc4)c4ccccc4)c3)c3cc4ccccc4s3)=C(c3ccccc3)C2C=C1. The van der Waals surface area contributed by atoms with Gasteiger partial charge in [0.15, 0.2) is 0 Å². The first-order valence-electron chi connectivity index (χ1n) is 23.5. The first kappa shape index (κ1) is 42.1. The highest BCUT2D eigenvalue weighted by Gasteiger charge is 2.41. The third kappa shape index (κ3) is 7.80. The second-order valence-corrected chi connectivity index (χ2v) is 22.0. The van der Waals surface area contributed by atoms with Crippen molar-refractivity contribution in [2.75, 3.05) is 14.7 Å². The van der Waals surface area contributed by atoms with Gasteiger partial charge in [0.25, 0.3) is 0 Å². The van der Waals surface area contributed by atoms with Crippen molar-refractivity contribution >= 4 is 116 Å². The molecule has 4 atom stereocenters. The molecule has 4 unspecified atom stereocenters. The summed E-state index contributed by atoms with van der Waals surface area (Å²) in [4.78, 5) is 7.63. The number of rotatable bonds is 11. The van der Waals surface area contributed by atoms with Crippen molar-refractivity contribution in [2.45, 2.75) is 10.5 Å². The zero-order valence-corrected chi connectivity index (χ0v) is 40.7. The van der Waals surface area contributed by atoms with Gasteiger partial charge in [0.05, 0.1) is 27.1 Å². The van der Waals surface area contributed by atoms with E-state index < -0.39 is 0 Å². The van der Waals surface area contributed by atoms with E-state index >= 15 is 0 Å². The molecule has 2 aliphatic heterocycles. The molecule has 4 aliphatic rings. The molecule has 13 rings (SSSR count). The first-order chi connectivity index (χ1) is 34.2. The second kappa shape index (κ2) is 18.1. The van der Waals surface area contributed by atoms with Crippen molar-refractivity contribution in [3.63, 3.8) is 0 Å². The predicted octanol–water partition coefficient (Wildman–Crippen LogP) is 18.3. The fourth-order valence-electron chi connectivity index (χ4n) is 10.2. The van der Waals surface area contributed by atoms with E-state index in [0.717, 1.165) is 28.4 Å². The Hall–Kier alpha value is -7.00. The largest absolute Gasteiger partial charge is 0.310 e. The third-order valence-electron chi connectivity index (χ3n) is 13.3. The lowest BCUT2D eigenvalue weighted by molar-refractivity contribution is 0.874. The lowest BCUT2D eigenvalue weighted by atomic mass is 9.88. The Morgan fingerprint density at radius 2 is 0.681 bits per heavy atom. The maximum atomic E-state index is 2.60. The van der Waals surface area contributed by atoms with Crippen LogP contribution in [0.3, 0.4) is 0 Å². The van der Waals surface area contributed by atoms with Gasteiger partial charge in [-0.15, -0.1) is 22.7 Å². The smallest absolute Gasteiger partial charge is 0.102 e. The lowest BCUT2D eigenvalue weighted by Crippen LogP contribution is -2.19. The summed E-state index contributed by atoms with van der Waals surface area (Å²) < 4.78 is 2.53. The summed E-state index contributed by atoms with van der Waals surface area (Å²) in [5, 5.41) is 7.88. The maximum absolute atomic E-state index is 2.60. The van der Waals surface area contributed by atoms with Crippen LogP contribution in [0.1, 0.15) is 11.1 Å². The van der Waals surface area contributed by atoms with E-state index in [9.17, 15) is 0 Å². The van der Waals surface area contributed by atoms with Gasteiger partial charge in [0.1, 0.15) is 10.0 Å². The van der Waals surface area contributed by atoms with Gasteiger partial charge in [-0.2, -0.15) is 0 Å². The summed E-state index contributed by atoms with van der Waals surface area (Å²) in [5.74, 6) is 0.435. The molecule has 69 heavy (non-hydrogen) atoms. The third-order valence-corrected chi connectivity index (χ3v) is 18.2. The van der Waals surface area contributed by atoms with Crippen LogP contribution in [0.4, 0.5) is 38.4 Å². The quantitative estimate of drug-likeness (QED) is 0.127. The summed E-state index contributed by atoms with van der Waals surface area (Å²) in [7, 11) is 0. The molecule has 0 fully saturated rings. The van der Waals surface area contributed by atoms with Gasteiger partial charge < -0.3 is 4.90 Å². The van der Waals surface area contributed by atoms with Crippen LogP contribution in [0.5, 0.6) is 0 Å². The van der Waals surface area contributed by atoms with E-state index in [1.54, 1.807) is 0 Å². The number of hydrogen-bond acceptors (Lipinski definition) is 7. The molecular formula is C62H45N3S4. The topological polar surface area (TPSA) is 9.72 Å². The molecule has 0 radical (unpaired) electrons. The number of hydrogen-bond donors (Lipinski definition) is 0. The molecule has 3 nitrogen and oxygen atoms in total. The highest BCUT2D eigenvalue weighted by atomic mass is 32.2. The Balaban J connectivity index is 1.14. The Morgan fingerprint density at radius 1 is 0.319 bits per heavy atom. The van der Waals surface area contributed by atoms with Gasteiger partial charge in [-0.25, -0.2) is 0 Å². The number of thiophene rings is 2. The zero-order valence-electron chi connectivity index (χ0n) is 37.5. The standard InChI is InChI=1S/C62H45N3S4/c1-5-21-42(22-6-1)59-51-31-15-19-35-55(51)68-61(59)64(57-37-44-25-13-17-33-53(44)66-57)49-39-48(63(46-27-9-3-10-28-46)47-29-11-4-12-30-47)40-50(41-49)65(58-38-45-26-14-18-34-54(45)67-58)62-60(43-23-7-2-8-24-43)52-32-16-20-36-56(52)69-62/h1-41,51-52,55-56H. The number of thioether (sulfide) groups is 2. The molecule has 0 bridgehead atoms. The van der Waals surface area contributed by atoms with Crippen LogP contribution in [0.15, 0.2) is 259 Å². The van der Waals surface area contributed by atoms with E-state index in [-0.39, 0.29) is 22.3 Å². The van der Waals surface area contributed by atoms with Crippen LogP contribution in [-0.2, 0) is 0 Å². The van der Waals surface area contributed by atoms with E-state index in [4.69, 9.17) is 0 Å². The van der Waals surface area contributed by atoms with Crippen molar-refractivity contribution in [2.24, 2.45) is 11.8 Å². The molecule has 2 aromatic heterocycles. The van der Waals surface area contributed by atoms with Crippen LogP contribution in [0.2, 0.25) is 0 Å². The highest BCUT2D eigenvalue weighted by molar-refractivity contribution is 8.04. The van der Waals surface area contributed by atoms with Crippen molar-refractivity contribution in [1.82, 2.24) is 0 Å². The van der Waals surface area contributed by atoms with Crippen LogP contribution in [0, 0.1) is 11.8 Å². The minimum Gasteiger partial charge on any atom is -0.310 e. The Kier molecular flexibility index (Phi) is 11.1. The molecule has 0 saturated carbocycles. The summed E-state index contributed by atoms with van der Waals surface area (Å²) in [6, 6.07) is 73.7.